The van der Waals surface area contributed by atoms with Gasteiger partial charge in [0.25, 0.3) is 5.91 Å². The zero-order valence-electron chi connectivity index (χ0n) is 14.3. The average molecular weight is 307 g/mol. The Labute approximate surface area is 133 Å². The van der Waals surface area contributed by atoms with E-state index in [9.17, 15) is 4.79 Å². The van der Waals surface area contributed by atoms with Gasteiger partial charge >= 0.3 is 0 Å². The number of aromatic nitrogens is 2. The van der Waals surface area contributed by atoms with Gasteiger partial charge in [0.15, 0.2) is 0 Å². The molecule has 1 aromatic rings. The highest BCUT2D eigenvalue weighted by Gasteiger charge is 2.26. The van der Waals surface area contributed by atoms with Crippen LogP contribution in [-0.2, 0) is 4.74 Å². The van der Waals surface area contributed by atoms with Crippen LogP contribution in [0.3, 0.4) is 0 Å². The van der Waals surface area contributed by atoms with Gasteiger partial charge in [-0.25, -0.2) is 0 Å². The van der Waals surface area contributed by atoms with E-state index in [1.807, 2.05) is 11.0 Å². The smallest absolute Gasteiger partial charge is 0.274 e. The molecule has 5 heteroatoms. The quantitative estimate of drug-likeness (QED) is 0.878. The summed E-state index contributed by atoms with van der Waals surface area (Å²) in [4.78, 5) is 14.4. The second-order valence-corrected chi connectivity index (χ2v) is 6.93. The number of hydrogen-bond acceptors (Lipinski definition) is 3. The molecule has 2 heterocycles. The summed E-state index contributed by atoms with van der Waals surface area (Å²) >= 11 is 0. The third-order valence-corrected chi connectivity index (χ3v) is 4.17. The van der Waals surface area contributed by atoms with Crippen molar-refractivity contribution in [2.45, 2.75) is 59.0 Å². The number of carbonyl (C=O) groups excluding carboxylic acids is 1. The van der Waals surface area contributed by atoms with Crippen LogP contribution in [-0.4, -0.2) is 46.8 Å². The Bertz CT molecular complexity index is 482. The normalized spacial score (nSPS) is 19.2. The van der Waals surface area contributed by atoms with Crippen LogP contribution >= 0.6 is 0 Å². The SMILES string of the molecule is CC(C)CCC[C@@H]1CN(C(=O)c2cc(C(C)C)[nH]n2)CCO1. The minimum atomic E-state index is 0.0142. The van der Waals surface area contributed by atoms with Gasteiger partial charge in [0.1, 0.15) is 5.69 Å². The highest BCUT2D eigenvalue weighted by molar-refractivity contribution is 5.92. The molecular formula is C17H29N3O2. The van der Waals surface area contributed by atoms with Crippen molar-refractivity contribution < 1.29 is 9.53 Å². The van der Waals surface area contributed by atoms with Crippen molar-refractivity contribution in [2.75, 3.05) is 19.7 Å². The molecule has 0 aromatic carbocycles. The molecule has 1 aromatic heterocycles. The Morgan fingerprint density at radius 3 is 2.86 bits per heavy atom. The van der Waals surface area contributed by atoms with Gasteiger partial charge in [0.05, 0.1) is 12.7 Å². The van der Waals surface area contributed by atoms with Crippen LogP contribution < -0.4 is 0 Å². The van der Waals surface area contributed by atoms with Crippen molar-refractivity contribution in [3.05, 3.63) is 17.5 Å². The van der Waals surface area contributed by atoms with Gasteiger partial charge in [-0.15, -0.1) is 0 Å². The molecule has 22 heavy (non-hydrogen) atoms. The van der Waals surface area contributed by atoms with E-state index in [4.69, 9.17) is 4.74 Å². The fourth-order valence-electron chi connectivity index (χ4n) is 2.74. The Morgan fingerprint density at radius 1 is 1.45 bits per heavy atom. The number of ether oxygens (including phenoxy) is 1. The van der Waals surface area contributed by atoms with Gasteiger partial charge < -0.3 is 9.64 Å². The van der Waals surface area contributed by atoms with Crippen molar-refractivity contribution in [1.29, 1.82) is 0 Å². The Kier molecular flexibility index (Phi) is 6.00. The summed E-state index contributed by atoms with van der Waals surface area (Å²) in [5, 5.41) is 7.12. The molecule has 0 saturated carbocycles. The number of H-pyrrole nitrogens is 1. The lowest BCUT2D eigenvalue weighted by atomic mass is 10.0. The van der Waals surface area contributed by atoms with E-state index in [1.165, 1.54) is 6.42 Å². The number of rotatable bonds is 6. The first kappa shape index (κ1) is 17.0. The third-order valence-electron chi connectivity index (χ3n) is 4.17. The summed E-state index contributed by atoms with van der Waals surface area (Å²) in [6.45, 7) is 10.6. The molecule has 1 amide bonds. The molecule has 1 aliphatic heterocycles. The number of nitrogens with zero attached hydrogens (tertiary/aromatic N) is 2. The monoisotopic (exact) mass is 307 g/mol. The summed E-state index contributed by atoms with van der Waals surface area (Å²) in [7, 11) is 0. The molecule has 1 fully saturated rings. The van der Waals surface area contributed by atoms with E-state index in [0.29, 0.717) is 31.3 Å². The van der Waals surface area contributed by atoms with E-state index in [1.54, 1.807) is 0 Å². The number of nitrogens with one attached hydrogen (secondary N) is 1. The summed E-state index contributed by atoms with van der Waals surface area (Å²) in [5.41, 5.74) is 1.52. The first-order chi connectivity index (χ1) is 10.5. The minimum Gasteiger partial charge on any atom is -0.375 e. The van der Waals surface area contributed by atoms with Crippen molar-refractivity contribution >= 4 is 5.91 Å². The predicted molar refractivity (Wildman–Crippen MR) is 87.0 cm³/mol. The molecule has 0 radical (unpaired) electrons. The Morgan fingerprint density at radius 2 is 2.23 bits per heavy atom. The molecular weight excluding hydrogens is 278 g/mol. The lowest BCUT2D eigenvalue weighted by Gasteiger charge is -2.32. The molecule has 0 bridgehead atoms. The van der Waals surface area contributed by atoms with Crippen LogP contribution in [0.4, 0.5) is 0 Å². The molecule has 1 N–H and O–H groups in total. The summed E-state index contributed by atoms with van der Waals surface area (Å²) < 4.78 is 5.80. The van der Waals surface area contributed by atoms with Crippen LogP contribution in [0.2, 0.25) is 0 Å². The Hall–Kier alpha value is -1.36. The first-order valence-corrected chi connectivity index (χ1v) is 8.43. The van der Waals surface area contributed by atoms with Gasteiger partial charge in [-0.05, 0) is 24.3 Å². The number of amides is 1. The maximum absolute atomic E-state index is 12.6. The number of aromatic amines is 1. The number of morpholine rings is 1. The zero-order valence-corrected chi connectivity index (χ0v) is 14.3. The Balaban J connectivity index is 1.89. The highest BCUT2D eigenvalue weighted by atomic mass is 16.5. The van der Waals surface area contributed by atoms with Crippen LogP contribution in [0, 0.1) is 5.92 Å². The molecule has 5 nitrogen and oxygen atoms in total. The highest BCUT2D eigenvalue weighted by Crippen LogP contribution is 2.17. The van der Waals surface area contributed by atoms with E-state index in [2.05, 4.69) is 37.9 Å². The van der Waals surface area contributed by atoms with Gasteiger partial charge in [-0.1, -0.05) is 40.5 Å². The molecule has 0 unspecified atom stereocenters. The topological polar surface area (TPSA) is 58.2 Å². The standard InChI is InChI=1S/C17H29N3O2/c1-12(2)6-5-7-14-11-20(8-9-22-14)17(21)16-10-15(13(3)4)18-19-16/h10,12-14H,5-9,11H2,1-4H3,(H,18,19)/t14-/m1/s1. The van der Waals surface area contributed by atoms with E-state index >= 15 is 0 Å². The molecule has 2 rings (SSSR count). The summed E-state index contributed by atoms with van der Waals surface area (Å²) in [6, 6.07) is 1.87. The molecule has 0 spiro atoms. The fourth-order valence-corrected chi connectivity index (χ4v) is 2.74. The maximum Gasteiger partial charge on any atom is 0.274 e. The maximum atomic E-state index is 12.6. The first-order valence-electron chi connectivity index (χ1n) is 8.43. The van der Waals surface area contributed by atoms with Gasteiger partial charge in [0, 0.05) is 18.8 Å². The van der Waals surface area contributed by atoms with E-state index < -0.39 is 0 Å². The third kappa shape index (κ3) is 4.57. The average Bonchev–Trinajstić information content (AvgIpc) is 2.96. The second-order valence-electron chi connectivity index (χ2n) is 6.93. The van der Waals surface area contributed by atoms with E-state index in [0.717, 1.165) is 24.5 Å². The van der Waals surface area contributed by atoms with Gasteiger partial charge in [0.2, 0.25) is 0 Å². The van der Waals surface area contributed by atoms with Crippen molar-refractivity contribution in [2.24, 2.45) is 5.92 Å². The predicted octanol–water partition coefficient (Wildman–Crippen LogP) is 3.20. The van der Waals surface area contributed by atoms with Crippen LogP contribution in [0.5, 0.6) is 0 Å². The van der Waals surface area contributed by atoms with Gasteiger partial charge in [-0.2, -0.15) is 5.10 Å². The summed E-state index contributed by atoms with van der Waals surface area (Å²) in [5.74, 6) is 1.09. The van der Waals surface area contributed by atoms with Crippen molar-refractivity contribution in [1.82, 2.24) is 15.1 Å². The minimum absolute atomic E-state index is 0.0142. The van der Waals surface area contributed by atoms with Gasteiger partial charge in [-0.3, -0.25) is 9.89 Å². The van der Waals surface area contributed by atoms with Crippen LogP contribution in [0.1, 0.15) is 69.1 Å². The largest absolute Gasteiger partial charge is 0.375 e. The lowest BCUT2D eigenvalue weighted by molar-refractivity contribution is -0.0262. The van der Waals surface area contributed by atoms with Crippen LogP contribution in [0.25, 0.3) is 0 Å². The van der Waals surface area contributed by atoms with Crippen molar-refractivity contribution in [3.8, 4) is 0 Å². The molecule has 1 saturated heterocycles. The lowest BCUT2D eigenvalue weighted by Crippen LogP contribution is -2.45. The van der Waals surface area contributed by atoms with Crippen LogP contribution in [0.15, 0.2) is 6.07 Å². The molecule has 124 valence electrons. The molecule has 1 aliphatic rings. The molecule has 1 atom stereocenters. The van der Waals surface area contributed by atoms with E-state index in [-0.39, 0.29) is 12.0 Å². The second kappa shape index (κ2) is 7.77. The number of carbonyl (C=O) groups is 1. The molecule has 0 aliphatic carbocycles. The number of hydrogen-bond donors (Lipinski definition) is 1. The zero-order chi connectivity index (χ0) is 16.1. The van der Waals surface area contributed by atoms with Crippen molar-refractivity contribution in [3.63, 3.8) is 0 Å². The summed E-state index contributed by atoms with van der Waals surface area (Å²) in [6.07, 6.45) is 3.56. The fraction of sp³-hybridized carbons (Fsp3) is 0.765.